The van der Waals surface area contributed by atoms with E-state index in [2.05, 4.69) is 71.7 Å². The van der Waals surface area contributed by atoms with Gasteiger partial charge in [0.2, 0.25) is 0 Å². The van der Waals surface area contributed by atoms with Gasteiger partial charge in [0, 0.05) is 41.8 Å². The van der Waals surface area contributed by atoms with Gasteiger partial charge in [-0.1, -0.05) is 54.6 Å². The summed E-state index contributed by atoms with van der Waals surface area (Å²) in [6, 6.07) is 25.6. The van der Waals surface area contributed by atoms with Crippen molar-refractivity contribution in [3.8, 4) is 0 Å². The Kier molecular flexibility index (Phi) is 2.41. The standard InChI is InChI=1S/C24H13NOS/c1-4-10-16-13(7-1)20-22(25-16)19-14-8-2-5-11-17(14)26-23(19)21-15-9-3-6-12-18(15)27-24(20)21/h1-12,25H. The molecule has 0 saturated heterocycles. The molecule has 2 nitrogen and oxygen atoms in total. The van der Waals surface area contributed by atoms with Crippen LogP contribution < -0.4 is 0 Å². The average Bonchev–Trinajstić information content (AvgIpc) is 3.38. The summed E-state index contributed by atoms with van der Waals surface area (Å²) in [6.07, 6.45) is 0. The van der Waals surface area contributed by atoms with Crippen LogP contribution in [0, 0.1) is 0 Å². The van der Waals surface area contributed by atoms with Crippen molar-refractivity contribution in [3.05, 3.63) is 72.8 Å². The molecule has 3 heterocycles. The molecule has 0 spiro atoms. The van der Waals surface area contributed by atoms with E-state index in [1.165, 1.54) is 52.8 Å². The maximum absolute atomic E-state index is 6.42. The van der Waals surface area contributed by atoms with Crippen LogP contribution in [0.1, 0.15) is 0 Å². The Morgan fingerprint density at radius 3 is 2.33 bits per heavy atom. The normalized spacial score (nSPS) is 12.4. The second-order valence-electron chi connectivity index (χ2n) is 7.03. The number of H-pyrrole nitrogens is 1. The lowest BCUT2D eigenvalue weighted by molar-refractivity contribution is 0.673. The summed E-state index contributed by atoms with van der Waals surface area (Å²) in [5.41, 5.74) is 4.28. The fourth-order valence-corrected chi connectivity index (χ4v) is 5.75. The molecular weight excluding hydrogens is 350 g/mol. The van der Waals surface area contributed by atoms with Crippen LogP contribution >= 0.6 is 11.3 Å². The van der Waals surface area contributed by atoms with Crippen LogP contribution in [0.5, 0.6) is 0 Å². The van der Waals surface area contributed by atoms with Gasteiger partial charge in [-0.2, -0.15) is 0 Å². The number of fused-ring (bicyclic) bond motifs is 12. The van der Waals surface area contributed by atoms with Crippen LogP contribution in [0.3, 0.4) is 0 Å². The van der Waals surface area contributed by atoms with Crippen LogP contribution in [0.2, 0.25) is 0 Å². The molecule has 126 valence electrons. The molecule has 3 heteroatoms. The fourth-order valence-electron chi connectivity index (χ4n) is 4.48. The highest BCUT2D eigenvalue weighted by atomic mass is 32.1. The lowest BCUT2D eigenvalue weighted by Gasteiger charge is -1.99. The van der Waals surface area contributed by atoms with Gasteiger partial charge < -0.3 is 9.40 Å². The Balaban J connectivity index is 1.95. The molecule has 27 heavy (non-hydrogen) atoms. The molecule has 1 N–H and O–H groups in total. The summed E-state index contributed by atoms with van der Waals surface area (Å²) in [5.74, 6) is 0. The van der Waals surface area contributed by atoms with Gasteiger partial charge in [0.15, 0.2) is 0 Å². The molecule has 0 amide bonds. The van der Waals surface area contributed by atoms with E-state index in [-0.39, 0.29) is 0 Å². The van der Waals surface area contributed by atoms with E-state index in [9.17, 15) is 0 Å². The molecule has 0 radical (unpaired) electrons. The van der Waals surface area contributed by atoms with Crippen molar-refractivity contribution in [2.75, 3.05) is 0 Å². The van der Waals surface area contributed by atoms with Gasteiger partial charge in [-0.3, -0.25) is 0 Å². The SMILES string of the molecule is c1ccc2c(c1)[nH]c1c3c4ccccc4oc3c3c4ccccc4sc3c21. The summed E-state index contributed by atoms with van der Waals surface area (Å²) < 4.78 is 9.02. The van der Waals surface area contributed by atoms with Gasteiger partial charge in [-0.15, -0.1) is 11.3 Å². The second kappa shape index (κ2) is 4.70. The minimum atomic E-state index is 0.940. The number of aromatic nitrogens is 1. The van der Waals surface area contributed by atoms with Gasteiger partial charge in [-0.05, 0) is 18.2 Å². The monoisotopic (exact) mass is 363 g/mol. The maximum Gasteiger partial charge on any atom is 0.146 e. The average molecular weight is 363 g/mol. The predicted molar refractivity (Wildman–Crippen MR) is 116 cm³/mol. The molecule has 3 aromatic heterocycles. The highest BCUT2D eigenvalue weighted by molar-refractivity contribution is 7.27. The minimum Gasteiger partial charge on any atom is -0.455 e. The number of rotatable bonds is 0. The van der Waals surface area contributed by atoms with Crippen molar-refractivity contribution in [3.63, 3.8) is 0 Å². The first-order chi connectivity index (χ1) is 13.4. The van der Waals surface area contributed by atoms with Crippen molar-refractivity contribution >= 4 is 75.3 Å². The first-order valence-electron chi connectivity index (χ1n) is 9.05. The largest absolute Gasteiger partial charge is 0.455 e. The number of hydrogen-bond acceptors (Lipinski definition) is 2. The van der Waals surface area contributed by atoms with Crippen molar-refractivity contribution in [2.45, 2.75) is 0 Å². The lowest BCUT2D eigenvalue weighted by atomic mass is 10.0. The molecule has 0 atom stereocenters. The third-order valence-corrected chi connectivity index (χ3v) is 6.79. The quantitative estimate of drug-likeness (QED) is 0.295. The summed E-state index contributed by atoms with van der Waals surface area (Å²) in [6.45, 7) is 0. The van der Waals surface area contributed by atoms with Crippen molar-refractivity contribution in [1.29, 1.82) is 0 Å². The molecule has 0 bridgehead atoms. The maximum atomic E-state index is 6.42. The number of benzene rings is 4. The zero-order valence-corrected chi connectivity index (χ0v) is 15.1. The lowest BCUT2D eigenvalue weighted by Crippen LogP contribution is -1.75. The number of aromatic amines is 1. The van der Waals surface area contributed by atoms with Crippen molar-refractivity contribution in [2.24, 2.45) is 0 Å². The molecular formula is C24H13NOS. The van der Waals surface area contributed by atoms with Crippen LogP contribution in [-0.2, 0) is 0 Å². The molecule has 7 rings (SSSR count). The van der Waals surface area contributed by atoms with Gasteiger partial charge in [0.05, 0.1) is 10.9 Å². The smallest absolute Gasteiger partial charge is 0.146 e. The van der Waals surface area contributed by atoms with Gasteiger partial charge >= 0.3 is 0 Å². The zero-order chi connectivity index (χ0) is 17.5. The van der Waals surface area contributed by atoms with E-state index < -0.39 is 0 Å². The summed E-state index contributed by atoms with van der Waals surface area (Å²) in [4.78, 5) is 3.68. The topological polar surface area (TPSA) is 28.9 Å². The molecule has 4 aromatic carbocycles. The Bertz CT molecular complexity index is 1450. The van der Waals surface area contributed by atoms with Crippen molar-refractivity contribution in [1.82, 2.24) is 4.98 Å². The number of furan rings is 1. The van der Waals surface area contributed by atoms with Gasteiger partial charge in [-0.25, -0.2) is 0 Å². The van der Waals surface area contributed by atoms with E-state index in [1.807, 2.05) is 17.4 Å². The summed E-state index contributed by atoms with van der Waals surface area (Å²) >= 11 is 1.86. The number of hydrogen-bond donors (Lipinski definition) is 1. The van der Waals surface area contributed by atoms with E-state index >= 15 is 0 Å². The third kappa shape index (κ3) is 1.61. The highest BCUT2D eigenvalue weighted by Gasteiger charge is 2.21. The molecule has 0 aliphatic carbocycles. The number of thiophene rings is 1. The second-order valence-corrected chi connectivity index (χ2v) is 8.08. The third-order valence-electron chi connectivity index (χ3n) is 5.60. The van der Waals surface area contributed by atoms with Crippen LogP contribution in [0.4, 0.5) is 0 Å². The molecule has 7 aromatic rings. The fraction of sp³-hybridized carbons (Fsp3) is 0. The molecule has 0 fully saturated rings. The number of nitrogens with one attached hydrogen (secondary N) is 1. The van der Waals surface area contributed by atoms with Crippen LogP contribution in [0.25, 0.3) is 63.9 Å². The van der Waals surface area contributed by atoms with Crippen LogP contribution in [0.15, 0.2) is 77.2 Å². The Labute approximate surface area is 157 Å². The van der Waals surface area contributed by atoms with Gasteiger partial charge in [0.1, 0.15) is 11.2 Å². The van der Waals surface area contributed by atoms with Crippen molar-refractivity contribution < 1.29 is 4.42 Å². The molecule has 0 aliphatic heterocycles. The van der Waals surface area contributed by atoms with Gasteiger partial charge in [0.25, 0.3) is 0 Å². The van der Waals surface area contributed by atoms with E-state index in [4.69, 9.17) is 4.42 Å². The minimum absolute atomic E-state index is 0.940. The Hall–Kier alpha value is -3.30. The number of para-hydroxylation sites is 2. The molecule has 0 unspecified atom stereocenters. The first kappa shape index (κ1) is 13.8. The highest BCUT2D eigenvalue weighted by Crippen LogP contribution is 2.48. The van der Waals surface area contributed by atoms with E-state index in [1.54, 1.807) is 0 Å². The summed E-state index contributed by atoms with van der Waals surface area (Å²) in [7, 11) is 0. The van der Waals surface area contributed by atoms with Crippen LogP contribution in [-0.4, -0.2) is 4.98 Å². The Morgan fingerprint density at radius 1 is 0.667 bits per heavy atom. The van der Waals surface area contributed by atoms with E-state index in [0.29, 0.717) is 0 Å². The Morgan fingerprint density at radius 2 is 1.41 bits per heavy atom. The van der Waals surface area contributed by atoms with E-state index in [0.717, 1.165) is 11.2 Å². The zero-order valence-electron chi connectivity index (χ0n) is 14.2. The summed E-state index contributed by atoms with van der Waals surface area (Å²) in [5, 5.41) is 7.44. The first-order valence-corrected chi connectivity index (χ1v) is 9.87. The molecule has 0 aliphatic rings. The molecule has 0 saturated carbocycles. The predicted octanol–water partition coefficient (Wildman–Crippen LogP) is 7.59.